The van der Waals surface area contributed by atoms with Crippen molar-refractivity contribution in [3.05, 3.63) is 0 Å². The summed E-state index contributed by atoms with van der Waals surface area (Å²) in [5, 5.41) is 0. The van der Waals surface area contributed by atoms with Crippen LogP contribution in [0.2, 0.25) is 0 Å². The molecule has 2 heterocycles. The molecule has 2 aliphatic heterocycles. The summed E-state index contributed by atoms with van der Waals surface area (Å²) in [6.07, 6.45) is -17.2. The molecule has 39 heavy (non-hydrogen) atoms. The Morgan fingerprint density at radius 2 is 1.10 bits per heavy atom. The molecule has 2 fully saturated rings. The molecule has 5 N–H and O–H groups in total. The van der Waals surface area contributed by atoms with Crippen molar-refractivity contribution in [3.63, 3.8) is 0 Å². The third-order valence-corrected chi connectivity index (χ3v) is 6.86. The maximum Gasteiger partial charge on any atom is 0.397 e. The minimum absolute atomic E-state index is 1.09. The average molecular weight is 681 g/mol. The van der Waals surface area contributed by atoms with Crippen molar-refractivity contribution in [2.24, 2.45) is 0 Å². The predicted octanol–water partition coefficient (Wildman–Crippen LogP) is -3.91. The van der Waals surface area contributed by atoms with E-state index in [2.05, 4.69) is 20.9 Å². The summed E-state index contributed by atoms with van der Waals surface area (Å²) in [6.45, 7) is -1.25. The van der Waals surface area contributed by atoms with Gasteiger partial charge < -0.3 is 14.2 Å². The van der Waals surface area contributed by atoms with Crippen LogP contribution in [-0.4, -0.2) is 127 Å². The van der Waals surface area contributed by atoms with E-state index in [0.29, 0.717) is 0 Å². The molecule has 2 aliphatic rings. The lowest BCUT2D eigenvalue weighted by Gasteiger charge is -2.40. The van der Waals surface area contributed by atoms with Gasteiger partial charge in [0.15, 0.2) is 12.4 Å². The Balaban J connectivity index is 2.53. The van der Waals surface area contributed by atoms with Gasteiger partial charge in [-0.1, -0.05) is 0 Å². The fourth-order valence-electron chi connectivity index (χ4n) is 3.39. The largest absolute Gasteiger partial charge is 0.397 e. The summed E-state index contributed by atoms with van der Waals surface area (Å²) in [5.41, 5.74) is 0. The summed E-state index contributed by atoms with van der Waals surface area (Å²) in [5.74, 6) is 0. The van der Waals surface area contributed by atoms with Crippen LogP contribution in [0.25, 0.3) is 0 Å². The molecule has 8 atom stereocenters. The molecular weight excluding hydrogens is 660 g/mol. The molecular formula is C11H20O23S5. The maximum absolute atomic E-state index is 11.4. The van der Waals surface area contributed by atoms with Crippen LogP contribution in [-0.2, 0) is 87.1 Å². The molecule has 2 rings (SSSR count). The summed E-state index contributed by atoms with van der Waals surface area (Å²) < 4.78 is 194. The molecule has 0 aromatic heterocycles. The van der Waals surface area contributed by atoms with Gasteiger partial charge in [-0.2, -0.15) is 42.1 Å². The van der Waals surface area contributed by atoms with Crippen LogP contribution in [0, 0.1) is 0 Å². The van der Waals surface area contributed by atoms with Gasteiger partial charge in [-0.05, 0) is 6.92 Å². The SMILES string of the molecule is C[C@H]1O[C@H](COS(=O)(=O)O)[C@@H](O[C@H]2OC[C@@H](OS(=O)(=O)O)[C@@H](OS(=O)(=O)O)[C@@H]2OS(=O)(=O)O)[C@@H]1OS(=O)(=O)O. The van der Waals surface area contributed by atoms with Crippen molar-refractivity contribution in [1.82, 2.24) is 0 Å². The first-order valence-corrected chi connectivity index (χ1v) is 16.3. The molecule has 232 valence electrons. The Bertz CT molecular complexity index is 1400. The molecule has 0 amide bonds. The quantitative estimate of drug-likeness (QED) is 0.116. The van der Waals surface area contributed by atoms with Crippen LogP contribution in [0.1, 0.15) is 6.92 Å². The molecule has 0 radical (unpaired) electrons. The molecule has 0 aliphatic carbocycles. The van der Waals surface area contributed by atoms with Crippen LogP contribution in [0.15, 0.2) is 0 Å². The highest BCUT2D eigenvalue weighted by atomic mass is 32.3. The van der Waals surface area contributed by atoms with E-state index in [9.17, 15) is 42.1 Å². The summed E-state index contributed by atoms with van der Waals surface area (Å²) in [7, 11) is -27.2. The Kier molecular flexibility index (Phi) is 10.8. The Labute approximate surface area is 220 Å². The van der Waals surface area contributed by atoms with Gasteiger partial charge in [-0.3, -0.25) is 22.8 Å². The van der Waals surface area contributed by atoms with E-state index in [1.807, 2.05) is 0 Å². The minimum Gasteiger partial charge on any atom is -0.367 e. The van der Waals surface area contributed by atoms with E-state index >= 15 is 0 Å². The van der Waals surface area contributed by atoms with Crippen LogP contribution >= 0.6 is 0 Å². The van der Waals surface area contributed by atoms with E-state index in [1.165, 1.54) is 0 Å². The smallest absolute Gasteiger partial charge is 0.367 e. The maximum atomic E-state index is 11.4. The van der Waals surface area contributed by atoms with E-state index in [0.717, 1.165) is 6.92 Å². The van der Waals surface area contributed by atoms with E-state index < -0.39 is 114 Å². The fourth-order valence-corrected chi connectivity index (χ4v) is 5.71. The minimum atomic E-state index is -5.66. The van der Waals surface area contributed by atoms with Crippen molar-refractivity contribution in [1.29, 1.82) is 0 Å². The molecule has 0 saturated carbocycles. The standard InChI is InChI=1S/C11H20O23S5/c1-4-7(32-37(18,19)20)8(5(29-4)3-28-35(12,13)14)30-11-10(34-39(24,25)26)9(33-38(21,22)23)6(2-27-11)31-36(15,16)17/h4-11H,2-3H2,1H3,(H,12,13,14)(H,15,16,17)(H,18,19,20)(H,21,22,23)(H,24,25,26)/t4-,5-,6-,7-,8-,9-,10+,11-/m1/s1. The molecule has 0 bridgehead atoms. The highest BCUT2D eigenvalue weighted by Crippen LogP contribution is 2.34. The van der Waals surface area contributed by atoms with Crippen molar-refractivity contribution in [2.75, 3.05) is 13.2 Å². The van der Waals surface area contributed by atoms with Gasteiger partial charge in [0.05, 0.1) is 19.3 Å². The first-order valence-electron chi connectivity index (χ1n) is 9.51. The Morgan fingerprint density at radius 3 is 1.56 bits per heavy atom. The van der Waals surface area contributed by atoms with Gasteiger partial charge in [-0.25, -0.2) is 20.9 Å². The molecule has 0 aromatic carbocycles. The number of hydrogen-bond acceptors (Lipinski definition) is 18. The highest BCUT2D eigenvalue weighted by Gasteiger charge is 2.54. The lowest BCUT2D eigenvalue weighted by atomic mass is 10.0. The number of rotatable bonds is 13. The monoisotopic (exact) mass is 680 g/mol. The lowest BCUT2D eigenvalue weighted by Crippen LogP contribution is -2.59. The van der Waals surface area contributed by atoms with Crippen molar-refractivity contribution in [2.45, 2.75) is 55.9 Å². The average Bonchev–Trinajstić information content (AvgIpc) is 2.94. The third kappa shape index (κ3) is 11.9. The first kappa shape index (κ1) is 34.4. The number of hydrogen-bond donors (Lipinski definition) is 5. The van der Waals surface area contributed by atoms with Crippen LogP contribution < -0.4 is 0 Å². The Morgan fingerprint density at radius 1 is 0.641 bits per heavy atom. The zero-order valence-electron chi connectivity index (χ0n) is 18.7. The second-order valence-electron chi connectivity index (χ2n) is 7.42. The second-order valence-corrected chi connectivity index (χ2v) is 12.7. The van der Waals surface area contributed by atoms with Gasteiger partial charge in [-0.15, -0.1) is 0 Å². The van der Waals surface area contributed by atoms with Crippen molar-refractivity contribution < 1.29 is 100.0 Å². The molecule has 0 aromatic rings. The fraction of sp³-hybridized carbons (Fsp3) is 1.00. The summed E-state index contributed by atoms with van der Waals surface area (Å²) in [4.78, 5) is 0. The van der Waals surface area contributed by atoms with E-state index in [1.54, 1.807) is 0 Å². The normalized spacial score (nSPS) is 33.3. The van der Waals surface area contributed by atoms with E-state index in [4.69, 9.17) is 37.0 Å². The zero-order chi connectivity index (χ0) is 30.2. The van der Waals surface area contributed by atoms with Gasteiger partial charge in [0.25, 0.3) is 0 Å². The van der Waals surface area contributed by atoms with Gasteiger partial charge in [0, 0.05) is 0 Å². The van der Waals surface area contributed by atoms with Crippen LogP contribution in [0.5, 0.6) is 0 Å². The van der Waals surface area contributed by atoms with Crippen LogP contribution in [0.4, 0.5) is 0 Å². The molecule has 0 spiro atoms. The third-order valence-electron chi connectivity index (χ3n) is 4.54. The van der Waals surface area contributed by atoms with Gasteiger partial charge in [0.1, 0.15) is 30.5 Å². The molecule has 23 nitrogen and oxygen atoms in total. The molecule has 2 saturated heterocycles. The highest BCUT2D eigenvalue weighted by molar-refractivity contribution is 7.81. The lowest BCUT2D eigenvalue weighted by molar-refractivity contribution is -0.278. The Hall–Kier alpha value is -0.770. The van der Waals surface area contributed by atoms with Gasteiger partial charge >= 0.3 is 52.0 Å². The van der Waals surface area contributed by atoms with Crippen LogP contribution in [0.3, 0.4) is 0 Å². The summed E-state index contributed by atoms with van der Waals surface area (Å²) >= 11 is 0. The first-order chi connectivity index (χ1) is 17.3. The number of ether oxygens (including phenoxy) is 3. The molecule has 28 heteroatoms. The second kappa shape index (κ2) is 12.2. The molecule has 0 unspecified atom stereocenters. The van der Waals surface area contributed by atoms with Gasteiger partial charge in [0.2, 0.25) is 0 Å². The van der Waals surface area contributed by atoms with Crippen molar-refractivity contribution in [3.8, 4) is 0 Å². The van der Waals surface area contributed by atoms with Crippen molar-refractivity contribution >= 4 is 52.0 Å². The predicted molar refractivity (Wildman–Crippen MR) is 112 cm³/mol. The zero-order valence-corrected chi connectivity index (χ0v) is 22.7. The van der Waals surface area contributed by atoms with E-state index in [-0.39, 0.29) is 0 Å². The summed E-state index contributed by atoms with van der Waals surface area (Å²) in [6, 6.07) is 0. The topological polar surface area (TPSA) is 346 Å².